The molecule has 1 atom stereocenters. The zero-order valence-electron chi connectivity index (χ0n) is 15.9. The Balaban J connectivity index is 1.62. The SMILES string of the molecule is CC(=O)N1c2ccc(NC(=O)c3c(-c4ccncc4)noc3C)cc2C[C@@H]1C. The summed E-state index contributed by atoms with van der Waals surface area (Å²) < 4.78 is 5.26. The van der Waals surface area contributed by atoms with Crippen LogP contribution in [-0.2, 0) is 11.2 Å². The Morgan fingerprint density at radius 3 is 2.68 bits per heavy atom. The van der Waals surface area contributed by atoms with Gasteiger partial charge in [-0.1, -0.05) is 5.16 Å². The molecule has 0 bridgehead atoms. The summed E-state index contributed by atoms with van der Waals surface area (Å²) in [6.07, 6.45) is 4.04. The lowest BCUT2D eigenvalue weighted by molar-refractivity contribution is -0.116. The molecule has 0 fully saturated rings. The lowest BCUT2D eigenvalue weighted by Crippen LogP contribution is -2.33. The molecule has 0 aliphatic carbocycles. The van der Waals surface area contributed by atoms with Gasteiger partial charge in [-0.05, 0) is 56.2 Å². The molecular weight excluding hydrogens is 356 g/mol. The quantitative estimate of drug-likeness (QED) is 0.755. The Bertz CT molecular complexity index is 1060. The van der Waals surface area contributed by atoms with Gasteiger partial charge in [0.15, 0.2) is 0 Å². The van der Waals surface area contributed by atoms with E-state index in [1.807, 2.05) is 19.1 Å². The van der Waals surface area contributed by atoms with Crippen LogP contribution in [0.3, 0.4) is 0 Å². The Hall–Kier alpha value is -3.48. The van der Waals surface area contributed by atoms with Crippen LogP contribution in [-0.4, -0.2) is 28.0 Å². The van der Waals surface area contributed by atoms with Crippen LogP contribution in [0, 0.1) is 6.92 Å². The Kier molecular flexibility index (Phi) is 4.43. The summed E-state index contributed by atoms with van der Waals surface area (Å²) in [5.41, 5.74) is 4.24. The van der Waals surface area contributed by atoms with Crippen molar-refractivity contribution in [2.24, 2.45) is 0 Å². The highest BCUT2D eigenvalue weighted by atomic mass is 16.5. The van der Waals surface area contributed by atoms with Gasteiger partial charge in [0.1, 0.15) is 17.0 Å². The highest BCUT2D eigenvalue weighted by Crippen LogP contribution is 2.34. The normalized spacial score (nSPS) is 15.4. The van der Waals surface area contributed by atoms with Gasteiger partial charge in [-0.15, -0.1) is 0 Å². The zero-order valence-corrected chi connectivity index (χ0v) is 15.9. The van der Waals surface area contributed by atoms with Crippen LogP contribution in [0.15, 0.2) is 47.2 Å². The maximum Gasteiger partial charge on any atom is 0.261 e. The molecule has 3 heterocycles. The second-order valence-corrected chi connectivity index (χ2v) is 6.94. The van der Waals surface area contributed by atoms with E-state index in [1.54, 1.807) is 49.3 Å². The number of aryl methyl sites for hydroxylation is 1. The molecule has 1 aromatic carbocycles. The summed E-state index contributed by atoms with van der Waals surface area (Å²) in [5.74, 6) is 0.173. The van der Waals surface area contributed by atoms with E-state index in [4.69, 9.17) is 4.52 Å². The van der Waals surface area contributed by atoms with Crippen molar-refractivity contribution in [3.05, 3.63) is 59.6 Å². The van der Waals surface area contributed by atoms with Gasteiger partial charge in [0, 0.05) is 42.3 Å². The van der Waals surface area contributed by atoms with Gasteiger partial charge < -0.3 is 14.7 Å². The molecule has 0 unspecified atom stereocenters. The molecule has 7 nitrogen and oxygen atoms in total. The predicted molar refractivity (Wildman–Crippen MR) is 105 cm³/mol. The molecule has 0 spiro atoms. The molecule has 1 aliphatic rings. The van der Waals surface area contributed by atoms with Crippen molar-refractivity contribution in [3.8, 4) is 11.3 Å². The first-order chi connectivity index (χ1) is 13.5. The third kappa shape index (κ3) is 3.05. The average molecular weight is 376 g/mol. The van der Waals surface area contributed by atoms with Crippen LogP contribution in [0.2, 0.25) is 0 Å². The largest absolute Gasteiger partial charge is 0.360 e. The number of benzene rings is 1. The first-order valence-corrected chi connectivity index (χ1v) is 9.06. The number of carbonyl (C=O) groups excluding carboxylic acids is 2. The van der Waals surface area contributed by atoms with E-state index in [0.717, 1.165) is 23.2 Å². The minimum Gasteiger partial charge on any atom is -0.360 e. The Labute approximate surface area is 162 Å². The summed E-state index contributed by atoms with van der Waals surface area (Å²) in [7, 11) is 0. The monoisotopic (exact) mass is 376 g/mol. The smallest absolute Gasteiger partial charge is 0.261 e. The fourth-order valence-electron chi connectivity index (χ4n) is 3.73. The van der Waals surface area contributed by atoms with Gasteiger partial charge in [-0.25, -0.2) is 0 Å². The number of amides is 2. The highest BCUT2D eigenvalue weighted by Gasteiger charge is 2.29. The van der Waals surface area contributed by atoms with Gasteiger partial charge in [-0.3, -0.25) is 14.6 Å². The Morgan fingerprint density at radius 1 is 1.21 bits per heavy atom. The first-order valence-electron chi connectivity index (χ1n) is 9.06. The molecule has 142 valence electrons. The standard InChI is InChI=1S/C21H20N4O3/c1-12-10-16-11-17(4-5-18(16)25(12)14(3)26)23-21(27)19-13(2)28-24-20(19)15-6-8-22-9-7-15/h4-9,11-12H,10H2,1-3H3,(H,23,27)/t12-/m0/s1. The molecule has 4 rings (SSSR count). The van der Waals surface area contributed by atoms with E-state index in [9.17, 15) is 9.59 Å². The summed E-state index contributed by atoms with van der Waals surface area (Å²) in [4.78, 5) is 30.6. The third-order valence-corrected chi connectivity index (χ3v) is 4.94. The van der Waals surface area contributed by atoms with E-state index in [1.165, 1.54) is 0 Å². The third-order valence-electron chi connectivity index (χ3n) is 4.94. The second kappa shape index (κ2) is 6.92. The molecule has 0 saturated heterocycles. The lowest BCUT2D eigenvalue weighted by atomic mass is 10.1. The summed E-state index contributed by atoms with van der Waals surface area (Å²) in [6.45, 7) is 5.29. The first kappa shape index (κ1) is 17.9. The van der Waals surface area contributed by atoms with E-state index >= 15 is 0 Å². The summed E-state index contributed by atoms with van der Waals surface area (Å²) in [5, 5.41) is 6.96. The van der Waals surface area contributed by atoms with Crippen LogP contribution in [0.1, 0.15) is 35.5 Å². The van der Waals surface area contributed by atoms with Crippen molar-refractivity contribution in [2.45, 2.75) is 33.2 Å². The minimum absolute atomic E-state index is 0.0186. The number of anilines is 2. The van der Waals surface area contributed by atoms with Crippen LogP contribution in [0.4, 0.5) is 11.4 Å². The number of nitrogens with zero attached hydrogens (tertiary/aromatic N) is 3. The van der Waals surface area contributed by atoms with Gasteiger partial charge in [0.25, 0.3) is 5.91 Å². The summed E-state index contributed by atoms with van der Waals surface area (Å²) >= 11 is 0. The molecule has 0 radical (unpaired) electrons. The van der Waals surface area contributed by atoms with E-state index in [-0.39, 0.29) is 17.9 Å². The maximum absolute atomic E-state index is 12.9. The van der Waals surface area contributed by atoms with Crippen molar-refractivity contribution in [1.29, 1.82) is 0 Å². The van der Waals surface area contributed by atoms with Gasteiger partial charge in [-0.2, -0.15) is 0 Å². The second-order valence-electron chi connectivity index (χ2n) is 6.94. The molecule has 1 N–H and O–H groups in total. The summed E-state index contributed by atoms with van der Waals surface area (Å²) in [6, 6.07) is 9.26. The predicted octanol–water partition coefficient (Wildman–Crippen LogP) is 3.59. The Morgan fingerprint density at radius 2 is 1.96 bits per heavy atom. The molecule has 2 amide bonds. The highest BCUT2D eigenvalue weighted by molar-refractivity contribution is 6.09. The van der Waals surface area contributed by atoms with E-state index in [0.29, 0.717) is 22.7 Å². The minimum atomic E-state index is -0.292. The molecular formula is C21H20N4O3. The van der Waals surface area contributed by atoms with Gasteiger partial charge in [0.2, 0.25) is 5.91 Å². The zero-order chi connectivity index (χ0) is 19.8. The number of fused-ring (bicyclic) bond motifs is 1. The molecule has 3 aromatic rings. The van der Waals surface area contributed by atoms with Crippen LogP contribution >= 0.6 is 0 Å². The number of nitrogens with one attached hydrogen (secondary N) is 1. The van der Waals surface area contributed by atoms with E-state index < -0.39 is 0 Å². The van der Waals surface area contributed by atoms with Gasteiger partial charge >= 0.3 is 0 Å². The van der Waals surface area contributed by atoms with Crippen molar-refractivity contribution in [3.63, 3.8) is 0 Å². The maximum atomic E-state index is 12.9. The topological polar surface area (TPSA) is 88.3 Å². The number of pyridine rings is 1. The van der Waals surface area contributed by atoms with Crippen LogP contribution in [0.5, 0.6) is 0 Å². The van der Waals surface area contributed by atoms with Crippen molar-refractivity contribution in [1.82, 2.24) is 10.1 Å². The average Bonchev–Trinajstić information content (AvgIpc) is 3.21. The van der Waals surface area contributed by atoms with Crippen molar-refractivity contribution in [2.75, 3.05) is 10.2 Å². The fourth-order valence-corrected chi connectivity index (χ4v) is 3.73. The molecule has 1 aliphatic heterocycles. The number of aromatic nitrogens is 2. The van der Waals surface area contributed by atoms with Gasteiger partial charge in [0.05, 0.1) is 0 Å². The number of rotatable bonds is 3. The molecule has 0 saturated carbocycles. The molecule has 2 aromatic heterocycles. The van der Waals surface area contributed by atoms with Crippen molar-refractivity contribution >= 4 is 23.2 Å². The number of carbonyl (C=O) groups is 2. The molecule has 28 heavy (non-hydrogen) atoms. The van der Waals surface area contributed by atoms with Crippen LogP contribution < -0.4 is 10.2 Å². The number of hydrogen-bond donors (Lipinski definition) is 1. The fraction of sp³-hybridized carbons (Fsp3) is 0.238. The van der Waals surface area contributed by atoms with Crippen molar-refractivity contribution < 1.29 is 14.1 Å². The van der Waals surface area contributed by atoms with E-state index in [2.05, 4.69) is 15.5 Å². The number of hydrogen-bond acceptors (Lipinski definition) is 5. The lowest BCUT2D eigenvalue weighted by Gasteiger charge is -2.20. The molecule has 7 heteroatoms. The van der Waals surface area contributed by atoms with Crippen LogP contribution in [0.25, 0.3) is 11.3 Å².